The molecule has 0 aliphatic heterocycles. The highest BCUT2D eigenvalue weighted by Crippen LogP contribution is 2.45. The van der Waals surface area contributed by atoms with Gasteiger partial charge in [0.25, 0.3) is 0 Å². The number of hydrogen-bond acceptors (Lipinski definition) is 1. The molecule has 0 saturated carbocycles. The Labute approximate surface area is 344 Å². The zero-order valence-electron chi connectivity index (χ0n) is 32.5. The maximum atomic E-state index is 2.40. The molecule has 0 aliphatic carbocycles. The minimum Gasteiger partial charge on any atom is -0.310 e. The second kappa shape index (κ2) is 14.6. The molecule has 0 unspecified atom stereocenters. The van der Waals surface area contributed by atoms with Crippen molar-refractivity contribution < 1.29 is 0 Å². The topological polar surface area (TPSA) is 3.24 Å². The SMILES string of the molecule is c1ccc(-c2ccc(N(c3ccc(-c4cc5ccccc5c5ccccc45)cc3)c3ccc(-c4ccccc4)c(-c4cc5ccccc5c5ccccc45)c3)cc2)cc1. The Balaban J connectivity index is 1.11. The minimum absolute atomic E-state index is 1.09. The number of rotatable bonds is 7. The molecular weight excluding hydrogens is 711 g/mol. The van der Waals surface area contributed by atoms with Crippen molar-refractivity contribution in [3.05, 3.63) is 237 Å². The fraction of sp³-hybridized carbons (Fsp3) is 0. The van der Waals surface area contributed by atoms with Gasteiger partial charge in [-0.25, -0.2) is 0 Å². The summed E-state index contributed by atoms with van der Waals surface area (Å²) in [6.07, 6.45) is 0. The number of nitrogens with zero attached hydrogens (tertiary/aromatic N) is 1. The molecule has 59 heavy (non-hydrogen) atoms. The first-order valence-electron chi connectivity index (χ1n) is 20.3. The van der Waals surface area contributed by atoms with Gasteiger partial charge in [-0.05, 0) is 136 Å². The second-order valence-corrected chi connectivity index (χ2v) is 15.3. The van der Waals surface area contributed by atoms with E-state index in [2.05, 4.69) is 241 Å². The van der Waals surface area contributed by atoms with Crippen LogP contribution in [0.15, 0.2) is 237 Å². The Bertz CT molecular complexity index is 3290. The van der Waals surface area contributed by atoms with Gasteiger partial charge in [-0.3, -0.25) is 0 Å². The predicted molar refractivity (Wildman–Crippen MR) is 253 cm³/mol. The lowest BCUT2D eigenvalue weighted by atomic mass is 9.88. The lowest BCUT2D eigenvalue weighted by Crippen LogP contribution is -2.10. The Morgan fingerprint density at radius 1 is 0.203 bits per heavy atom. The van der Waals surface area contributed by atoms with E-state index in [1.54, 1.807) is 0 Å². The van der Waals surface area contributed by atoms with Gasteiger partial charge in [-0.15, -0.1) is 0 Å². The van der Waals surface area contributed by atoms with E-state index in [-0.39, 0.29) is 0 Å². The molecule has 0 atom stereocenters. The molecule has 0 fully saturated rings. The van der Waals surface area contributed by atoms with Crippen LogP contribution in [0.2, 0.25) is 0 Å². The fourth-order valence-electron chi connectivity index (χ4n) is 9.00. The average molecular weight is 750 g/mol. The second-order valence-electron chi connectivity index (χ2n) is 15.3. The smallest absolute Gasteiger partial charge is 0.0468 e. The Morgan fingerprint density at radius 3 is 1.17 bits per heavy atom. The summed E-state index contributed by atoms with van der Waals surface area (Å²) in [6, 6.07) is 86.3. The van der Waals surface area contributed by atoms with E-state index in [4.69, 9.17) is 0 Å². The fourth-order valence-corrected chi connectivity index (χ4v) is 9.00. The molecule has 0 bridgehead atoms. The quantitative estimate of drug-likeness (QED) is 0.147. The van der Waals surface area contributed by atoms with E-state index in [0.29, 0.717) is 0 Å². The van der Waals surface area contributed by atoms with Crippen LogP contribution in [0, 0.1) is 0 Å². The van der Waals surface area contributed by atoms with Crippen LogP contribution in [-0.4, -0.2) is 0 Å². The number of hydrogen-bond donors (Lipinski definition) is 0. The highest BCUT2D eigenvalue weighted by molar-refractivity contribution is 6.16. The number of anilines is 3. The van der Waals surface area contributed by atoms with Gasteiger partial charge in [0.1, 0.15) is 0 Å². The first kappa shape index (κ1) is 34.5. The first-order valence-corrected chi connectivity index (χ1v) is 20.3. The molecular formula is C58H39N. The van der Waals surface area contributed by atoms with Crippen molar-refractivity contribution in [1.82, 2.24) is 0 Å². The van der Waals surface area contributed by atoms with Crippen molar-refractivity contribution in [2.24, 2.45) is 0 Å². The van der Waals surface area contributed by atoms with Gasteiger partial charge < -0.3 is 4.90 Å². The third-order valence-electron chi connectivity index (χ3n) is 11.8. The van der Waals surface area contributed by atoms with Gasteiger partial charge in [-0.2, -0.15) is 0 Å². The summed E-state index contributed by atoms with van der Waals surface area (Å²) in [4.78, 5) is 2.40. The van der Waals surface area contributed by atoms with Crippen LogP contribution >= 0.6 is 0 Å². The van der Waals surface area contributed by atoms with Crippen LogP contribution in [-0.2, 0) is 0 Å². The summed E-state index contributed by atoms with van der Waals surface area (Å²) in [6.45, 7) is 0. The summed E-state index contributed by atoms with van der Waals surface area (Å²) in [5, 5.41) is 10.1. The Hall–Kier alpha value is -7.74. The van der Waals surface area contributed by atoms with E-state index in [1.807, 2.05) is 0 Å². The summed E-state index contributed by atoms with van der Waals surface area (Å²) in [7, 11) is 0. The van der Waals surface area contributed by atoms with E-state index in [1.165, 1.54) is 87.6 Å². The lowest BCUT2D eigenvalue weighted by molar-refractivity contribution is 1.28. The van der Waals surface area contributed by atoms with Crippen molar-refractivity contribution in [2.75, 3.05) is 4.90 Å². The molecule has 0 aromatic heterocycles. The molecule has 0 heterocycles. The molecule has 0 N–H and O–H groups in total. The summed E-state index contributed by atoms with van der Waals surface area (Å²) < 4.78 is 0. The van der Waals surface area contributed by atoms with Crippen LogP contribution in [0.25, 0.3) is 87.6 Å². The van der Waals surface area contributed by atoms with Gasteiger partial charge in [0.15, 0.2) is 0 Å². The van der Waals surface area contributed by atoms with Crippen LogP contribution in [0.1, 0.15) is 0 Å². The van der Waals surface area contributed by atoms with Gasteiger partial charge in [0.2, 0.25) is 0 Å². The van der Waals surface area contributed by atoms with Gasteiger partial charge in [0, 0.05) is 17.1 Å². The van der Waals surface area contributed by atoms with Gasteiger partial charge >= 0.3 is 0 Å². The summed E-state index contributed by atoms with van der Waals surface area (Å²) in [5.41, 5.74) is 12.9. The highest BCUT2D eigenvalue weighted by atomic mass is 15.1. The first-order chi connectivity index (χ1) is 29.3. The van der Waals surface area contributed by atoms with Crippen LogP contribution in [0.5, 0.6) is 0 Å². The van der Waals surface area contributed by atoms with Crippen LogP contribution in [0.3, 0.4) is 0 Å². The summed E-state index contributed by atoms with van der Waals surface area (Å²) >= 11 is 0. The molecule has 11 aromatic carbocycles. The minimum atomic E-state index is 1.09. The molecule has 0 aliphatic rings. The standard InChI is InChI=1S/C58H39N/c1-3-15-40(16-4-1)41-27-31-46(32-28-41)59(47-33-29-43(30-34-47)56-37-44-19-7-9-21-49(44)52-23-11-13-25-54(52)56)48-35-36-51(42-17-5-2-6-18-42)58(39-48)57-38-45-20-8-10-22-50(45)53-24-12-14-26-55(53)57/h1-39H. The number of benzene rings is 11. The van der Waals surface area contributed by atoms with Gasteiger partial charge in [-0.1, -0.05) is 188 Å². The number of fused-ring (bicyclic) bond motifs is 6. The molecule has 0 saturated heterocycles. The maximum absolute atomic E-state index is 2.40. The third kappa shape index (κ3) is 6.21. The van der Waals surface area contributed by atoms with Gasteiger partial charge in [0.05, 0.1) is 0 Å². The summed E-state index contributed by atoms with van der Waals surface area (Å²) in [5.74, 6) is 0. The zero-order valence-corrected chi connectivity index (χ0v) is 32.5. The van der Waals surface area contributed by atoms with E-state index in [0.717, 1.165) is 17.1 Å². The molecule has 1 nitrogen and oxygen atoms in total. The van der Waals surface area contributed by atoms with E-state index < -0.39 is 0 Å². The zero-order chi connectivity index (χ0) is 39.1. The third-order valence-corrected chi connectivity index (χ3v) is 11.8. The van der Waals surface area contributed by atoms with Crippen molar-refractivity contribution in [3.8, 4) is 44.5 Å². The van der Waals surface area contributed by atoms with Crippen molar-refractivity contribution >= 4 is 60.2 Å². The normalized spacial score (nSPS) is 11.4. The molecule has 11 aromatic rings. The molecule has 0 amide bonds. The molecule has 11 rings (SSSR count). The van der Waals surface area contributed by atoms with Crippen molar-refractivity contribution in [2.45, 2.75) is 0 Å². The van der Waals surface area contributed by atoms with E-state index in [9.17, 15) is 0 Å². The lowest BCUT2D eigenvalue weighted by Gasteiger charge is -2.27. The maximum Gasteiger partial charge on any atom is 0.0468 e. The molecule has 0 spiro atoms. The largest absolute Gasteiger partial charge is 0.310 e. The van der Waals surface area contributed by atoms with E-state index >= 15 is 0 Å². The van der Waals surface area contributed by atoms with Crippen molar-refractivity contribution in [1.29, 1.82) is 0 Å². The average Bonchev–Trinajstić information content (AvgIpc) is 3.32. The molecule has 276 valence electrons. The Morgan fingerprint density at radius 2 is 0.593 bits per heavy atom. The van der Waals surface area contributed by atoms with Crippen LogP contribution < -0.4 is 4.90 Å². The predicted octanol–water partition coefficient (Wildman–Crippen LogP) is 16.4. The molecule has 1 heteroatoms. The highest BCUT2D eigenvalue weighted by Gasteiger charge is 2.19. The Kier molecular flexibility index (Phi) is 8.56. The monoisotopic (exact) mass is 749 g/mol. The van der Waals surface area contributed by atoms with Crippen LogP contribution in [0.4, 0.5) is 17.1 Å². The van der Waals surface area contributed by atoms with Crippen molar-refractivity contribution in [3.63, 3.8) is 0 Å². The molecule has 0 radical (unpaired) electrons.